The number of fused-ring (bicyclic) bond motifs is 1. The number of rotatable bonds is 9. The number of para-hydroxylation sites is 1. The number of methoxy groups -OCH3 is 1. The maximum Gasteiger partial charge on any atom is 0.322 e. The van der Waals surface area contributed by atoms with Gasteiger partial charge < -0.3 is 15.0 Å². The van der Waals surface area contributed by atoms with Gasteiger partial charge in [-0.2, -0.15) is 0 Å². The number of anilines is 1. The summed E-state index contributed by atoms with van der Waals surface area (Å²) in [5.41, 5.74) is 2.31. The van der Waals surface area contributed by atoms with E-state index in [4.69, 9.17) is 9.72 Å². The Labute approximate surface area is 211 Å². The molecule has 186 valence electrons. The predicted molar refractivity (Wildman–Crippen MR) is 144 cm³/mol. The average molecular weight is 485 g/mol. The number of nitrogens with zero attached hydrogens (tertiary/aromatic N) is 3. The van der Waals surface area contributed by atoms with Gasteiger partial charge in [-0.3, -0.25) is 9.36 Å². The van der Waals surface area contributed by atoms with Gasteiger partial charge in [0.05, 0.1) is 24.1 Å². The average Bonchev–Trinajstić information content (AvgIpc) is 2.91. The van der Waals surface area contributed by atoms with Gasteiger partial charge in [-0.25, -0.2) is 9.78 Å². The second-order valence-corrected chi connectivity index (χ2v) is 8.71. The summed E-state index contributed by atoms with van der Waals surface area (Å²) in [4.78, 5) is 33.6. The number of urea groups is 1. The summed E-state index contributed by atoms with van der Waals surface area (Å²) in [6.07, 6.45) is 1.45. The van der Waals surface area contributed by atoms with Crippen molar-refractivity contribution in [2.24, 2.45) is 0 Å². The van der Waals surface area contributed by atoms with Gasteiger partial charge in [0.25, 0.3) is 5.56 Å². The molecular weight excluding hydrogens is 452 g/mol. The van der Waals surface area contributed by atoms with Crippen molar-refractivity contribution in [3.8, 4) is 5.75 Å². The molecule has 1 atom stereocenters. The molecule has 0 fully saturated rings. The summed E-state index contributed by atoms with van der Waals surface area (Å²) < 4.78 is 7.01. The Hall–Kier alpha value is -4.13. The van der Waals surface area contributed by atoms with Crippen LogP contribution in [0.5, 0.6) is 5.75 Å². The van der Waals surface area contributed by atoms with Crippen LogP contribution in [-0.2, 0) is 13.0 Å². The minimum absolute atomic E-state index is 0.0829. The first-order valence-corrected chi connectivity index (χ1v) is 12.3. The third-order valence-electron chi connectivity index (χ3n) is 6.25. The second kappa shape index (κ2) is 11.5. The number of benzene rings is 3. The van der Waals surface area contributed by atoms with Crippen LogP contribution < -0.4 is 15.6 Å². The van der Waals surface area contributed by atoms with Crippen molar-refractivity contribution in [1.29, 1.82) is 0 Å². The molecule has 1 unspecified atom stereocenters. The Morgan fingerprint density at radius 1 is 1.06 bits per heavy atom. The van der Waals surface area contributed by atoms with E-state index in [9.17, 15) is 9.59 Å². The predicted octanol–water partition coefficient (Wildman–Crippen LogP) is 5.65. The maximum absolute atomic E-state index is 13.6. The Kier molecular flexibility index (Phi) is 8.00. The van der Waals surface area contributed by atoms with Gasteiger partial charge in [0, 0.05) is 24.8 Å². The SMILES string of the molecule is CCCn1c(C(C)N(CCc2ccccc2)C(=O)Nc2cccc(OC)c2)nc2ccccc2c1=O. The fourth-order valence-electron chi connectivity index (χ4n) is 4.34. The standard InChI is InChI=1S/C29H32N4O3/c1-4-18-33-27(31-26-16-9-8-15-25(26)28(33)34)21(2)32(19-17-22-11-6-5-7-12-22)29(35)30-23-13-10-14-24(20-23)36-3/h5-16,20-21H,4,17-19H2,1-3H3,(H,30,35). The molecule has 0 radical (unpaired) electrons. The molecule has 0 spiro atoms. The zero-order valence-corrected chi connectivity index (χ0v) is 21.0. The molecule has 0 bridgehead atoms. The van der Waals surface area contributed by atoms with E-state index in [0.717, 1.165) is 12.0 Å². The molecule has 2 amide bonds. The molecule has 0 aliphatic carbocycles. The first-order valence-electron chi connectivity index (χ1n) is 12.3. The number of carbonyl (C=O) groups excluding carboxylic acids is 1. The van der Waals surface area contributed by atoms with Crippen LogP contribution >= 0.6 is 0 Å². The topological polar surface area (TPSA) is 76.5 Å². The van der Waals surface area contributed by atoms with Crippen LogP contribution in [0.2, 0.25) is 0 Å². The van der Waals surface area contributed by atoms with E-state index in [1.165, 1.54) is 0 Å². The number of amides is 2. The van der Waals surface area contributed by atoms with Crippen molar-refractivity contribution in [3.05, 3.63) is 101 Å². The molecule has 0 saturated carbocycles. The minimum atomic E-state index is -0.442. The fourth-order valence-corrected chi connectivity index (χ4v) is 4.34. The Balaban J connectivity index is 1.72. The smallest absolute Gasteiger partial charge is 0.322 e. The Morgan fingerprint density at radius 2 is 1.81 bits per heavy atom. The number of hydrogen-bond donors (Lipinski definition) is 1. The van der Waals surface area contributed by atoms with Crippen molar-refractivity contribution < 1.29 is 9.53 Å². The molecule has 36 heavy (non-hydrogen) atoms. The lowest BCUT2D eigenvalue weighted by Gasteiger charge is -2.31. The molecule has 7 nitrogen and oxygen atoms in total. The lowest BCUT2D eigenvalue weighted by atomic mass is 10.1. The summed E-state index contributed by atoms with van der Waals surface area (Å²) in [7, 11) is 1.59. The van der Waals surface area contributed by atoms with Crippen LogP contribution in [0, 0.1) is 0 Å². The summed E-state index contributed by atoms with van der Waals surface area (Å²) in [6.45, 7) is 4.94. The number of aromatic nitrogens is 2. The normalized spacial score (nSPS) is 11.8. The molecule has 0 aliphatic rings. The zero-order chi connectivity index (χ0) is 25.5. The first kappa shape index (κ1) is 25.0. The highest BCUT2D eigenvalue weighted by Gasteiger charge is 2.26. The van der Waals surface area contributed by atoms with Gasteiger partial charge in [-0.1, -0.05) is 55.5 Å². The second-order valence-electron chi connectivity index (χ2n) is 8.71. The van der Waals surface area contributed by atoms with E-state index >= 15 is 0 Å². The third-order valence-corrected chi connectivity index (χ3v) is 6.25. The molecule has 0 saturated heterocycles. The third kappa shape index (κ3) is 5.57. The highest BCUT2D eigenvalue weighted by molar-refractivity contribution is 5.90. The fraction of sp³-hybridized carbons (Fsp3) is 0.276. The Morgan fingerprint density at radius 3 is 2.56 bits per heavy atom. The van der Waals surface area contributed by atoms with Crippen LogP contribution in [0.3, 0.4) is 0 Å². The van der Waals surface area contributed by atoms with Crippen LogP contribution in [0.15, 0.2) is 83.7 Å². The molecule has 4 aromatic rings. The van der Waals surface area contributed by atoms with Crippen molar-refractivity contribution in [2.45, 2.75) is 39.3 Å². The van der Waals surface area contributed by atoms with Crippen LogP contribution in [0.4, 0.5) is 10.5 Å². The number of carbonyl (C=O) groups is 1. The van der Waals surface area contributed by atoms with Crippen molar-refractivity contribution >= 4 is 22.6 Å². The van der Waals surface area contributed by atoms with Gasteiger partial charge in [-0.15, -0.1) is 0 Å². The molecule has 4 rings (SSSR count). The van der Waals surface area contributed by atoms with Crippen molar-refractivity contribution in [1.82, 2.24) is 14.5 Å². The highest BCUT2D eigenvalue weighted by atomic mass is 16.5. The quantitative estimate of drug-likeness (QED) is 0.333. The lowest BCUT2D eigenvalue weighted by molar-refractivity contribution is 0.189. The van der Waals surface area contributed by atoms with E-state index in [0.29, 0.717) is 47.7 Å². The zero-order valence-electron chi connectivity index (χ0n) is 21.0. The van der Waals surface area contributed by atoms with Gasteiger partial charge in [0.15, 0.2) is 0 Å². The molecule has 1 heterocycles. The van der Waals surface area contributed by atoms with E-state index in [-0.39, 0.29) is 11.6 Å². The molecule has 3 aromatic carbocycles. The minimum Gasteiger partial charge on any atom is -0.497 e. The molecule has 0 aliphatic heterocycles. The summed E-state index contributed by atoms with van der Waals surface area (Å²) in [5.74, 6) is 1.24. The van der Waals surface area contributed by atoms with Crippen LogP contribution in [-0.4, -0.2) is 34.1 Å². The van der Waals surface area contributed by atoms with Gasteiger partial charge >= 0.3 is 6.03 Å². The molecule has 1 N–H and O–H groups in total. The van der Waals surface area contributed by atoms with E-state index in [2.05, 4.69) is 5.32 Å². The monoisotopic (exact) mass is 484 g/mol. The van der Waals surface area contributed by atoms with Gasteiger partial charge in [0.1, 0.15) is 11.6 Å². The van der Waals surface area contributed by atoms with Gasteiger partial charge in [-0.05, 0) is 49.6 Å². The van der Waals surface area contributed by atoms with Crippen LogP contribution in [0.25, 0.3) is 10.9 Å². The largest absolute Gasteiger partial charge is 0.497 e. The molecule has 1 aromatic heterocycles. The summed E-state index contributed by atoms with van der Waals surface area (Å²) in [6, 6.07) is 23.9. The number of ether oxygens (including phenoxy) is 1. The molecular formula is C29H32N4O3. The first-order chi connectivity index (χ1) is 17.5. The summed E-state index contributed by atoms with van der Waals surface area (Å²) >= 11 is 0. The van der Waals surface area contributed by atoms with Crippen molar-refractivity contribution in [3.63, 3.8) is 0 Å². The number of nitrogens with one attached hydrogen (secondary N) is 1. The molecule has 7 heteroatoms. The highest BCUT2D eigenvalue weighted by Crippen LogP contribution is 2.23. The van der Waals surface area contributed by atoms with E-state index < -0.39 is 6.04 Å². The lowest BCUT2D eigenvalue weighted by Crippen LogP contribution is -2.41. The summed E-state index contributed by atoms with van der Waals surface area (Å²) in [5, 5.41) is 3.58. The van der Waals surface area contributed by atoms with E-state index in [1.807, 2.05) is 80.6 Å². The van der Waals surface area contributed by atoms with E-state index in [1.54, 1.807) is 28.7 Å². The van der Waals surface area contributed by atoms with Gasteiger partial charge in [0.2, 0.25) is 0 Å². The maximum atomic E-state index is 13.6. The number of hydrogen-bond acceptors (Lipinski definition) is 4. The van der Waals surface area contributed by atoms with Crippen molar-refractivity contribution in [2.75, 3.05) is 19.0 Å². The van der Waals surface area contributed by atoms with Crippen LogP contribution in [0.1, 0.15) is 37.7 Å². The Bertz CT molecular complexity index is 1380.